The van der Waals surface area contributed by atoms with E-state index in [0.717, 1.165) is 6.92 Å². The van der Waals surface area contributed by atoms with Crippen LogP contribution in [0.2, 0.25) is 0 Å². The van der Waals surface area contributed by atoms with Gasteiger partial charge in [0.05, 0.1) is 38.7 Å². The number of carbonyl (C=O) groups is 9. The lowest BCUT2D eigenvalue weighted by Gasteiger charge is -2.29. The fourth-order valence-corrected chi connectivity index (χ4v) is 5.35. The molecule has 0 spiro atoms. The van der Waals surface area contributed by atoms with Gasteiger partial charge in [-0.1, -0.05) is 58.0 Å². The van der Waals surface area contributed by atoms with Gasteiger partial charge in [0.25, 0.3) is 0 Å². The number of carbonyl (C=O) groups excluding carboxylic acids is 9. The third-order valence-electron chi connectivity index (χ3n) is 8.40. The first-order valence-electron chi connectivity index (χ1n) is 18.0. The number of esters is 1. The first-order valence-corrected chi connectivity index (χ1v) is 18.0. The molecule has 0 aliphatic heterocycles. The molecule has 56 heavy (non-hydrogen) atoms. The number of hydrogen-bond donors (Lipinski definition) is 10. The maximum atomic E-state index is 13.7. The third kappa shape index (κ3) is 17.2. The Morgan fingerprint density at radius 1 is 0.679 bits per heavy atom. The first-order chi connectivity index (χ1) is 26.2. The predicted octanol–water partition coefficient (Wildman–Crippen LogP) is -3.47. The Morgan fingerprint density at radius 3 is 1.73 bits per heavy atom. The highest BCUT2D eigenvalue weighted by Crippen LogP contribution is 2.13. The van der Waals surface area contributed by atoms with Crippen LogP contribution < -0.4 is 43.4 Å². The SMILES string of the molecule is COC(=O)C(NC(=O)C(NC(=O)CC(O)C(Cc1ccccc1)NC(=O)C(CC(N)=O)NC(=O)C(CCC(N)=O)NC(=O)C(CO)NC(C)=O)C(C)C)C(C)C. The quantitative estimate of drug-likeness (QED) is 0.0457. The Labute approximate surface area is 325 Å². The predicted molar refractivity (Wildman–Crippen MR) is 199 cm³/mol. The van der Waals surface area contributed by atoms with E-state index in [1.807, 2.05) is 0 Å². The van der Waals surface area contributed by atoms with E-state index < -0.39 is 127 Å². The smallest absolute Gasteiger partial charge is 0.328 e. The molecule has 1 aromatic carbocycles. The molecule has 0 saturated carbocycles. The molecule has 0 saturated heterocycles. The number of nitrogens with one attached hydrogen (secondary N) is 6. The van der Waals surface area contributed by atoms with Crippen molar-refractivity contribution in [2.24, 2.45) is 23.3 Å². The molecule has 7 unspecified atom stereocenters. The number of hydrogen-bond acceptors (Lipinski definition) is 12. The molecule has 1 rings (SSSR count). The van der Waals surface area contributed by atoms with Crippen molar-refractivity contribution < 1.29 is 58.1 Å². The average molecular weight is 793 g/mol. The van der Waals surface area contributed by atoms with Crippen LogP contribution in [0.5, 0.6) is 0 Å². The molecule has 0 aliphatic carbocycles. The van der Waals surface area contributed by atoms with E-state index in [1.54, 1.807) is 58.0 Å². The molecule has 0 radical (unpaired) electrons. The number of aliphatic hydroxyl groups excluding tert-OH is 2. The van der Waals surface area contributed by atoms with Crippen LogP contribution in [-0.2, 0) is 54.3 Å². The van der Waals surface area contributed by atoms with Crippen LogP contribution >= 0.6 is 0 Å². The number of amides is 8. The molecule has 0 aromatic heterocycles. The molecule has 12 N–H and O–H groups in total. The molecule has 7 atom stereocenters. The second kappa shape index (κ2) is 24.0. The van der Waals surface area contributed by atoms with Crippen LogP contribution in [0.4, 0.5) is 0 Å². The number of rotatable bonds is 24. The van der Waals surface area contributed by atoms with Crippen molar-refractivity contribution in [3.63, 3.8) is 0 Å². The third-order valence-corrected chi connectivity index (χ3v) is 8.40. The number of aliphatic hydroxyl groups is 2. The zero-order valence-electron chi connectivity index (χ0n) is 32.5. The summed E-state index contributed by atoms with van der Waals surface area (Å²) in [6, 6.07) is 0.417. The van der Waals surface area contributed by atoms with Crippen molar-refractivity contribution in [2.75, 3.05) is 13.7 Å². The summed E-state index contributed by atoms with van der Waals surface area (Å²) >= 11 is 0. The largest absolute Gasteiger partial charge is 0.467 e. The summed E-state index contributed by atoms with van der Waals surface area (Å²) in [4.78, 5) is 114. The van der Waals surface area contributed by atoms with Gasteiger partial charge in [-0.3, -0.25) is 38.4 Å². The second-order valence-electron chi connectivity index (χ2n) is 13.9. The number of primary amides is 2. The summed E-state index contributed by atoms with van der Waals surface area (Å²) in [7, 11) is 1.18. The van der Waals surface area contributed by atoms with Gasteiger partial charge in [0.1, 0.15) is 30.2 Å². The molecular formula is C36H56N8O12. The van der Waals surface area contributed by atoms with Crippen molar-refractivity contribution >= 4 is 53.2 Å². The molecule has 1 aromatic rings. The number of methoxy groups -OCH3 is 1. The Hall–Kier alpha value is -5.63. The van der Waals surface area contributed by atoms with Crippen LogP contribution in [0.15, 0.2) is 30.3 Å². The lowest BCUT2D eigenvalue weighted by molar-refractivity contribution is -0.147. The Kier molecular flexibility index (Phi) is 20.7. The van der Waals surface area contributed by atoms with Crippen LogP contribution in [0.25, 0.3) is 0 Å². The highest BCUT2D eigenvalue weighted by molar-refractivity contribution is 5.96. The number of benzene rings is 1. The molecule has 20 heteroatoms. The van der Waals surface area contributed by atoms with E-state index in [0.29, 0.717) is 5.56 Å². The topological polar surface area (TPSA) is 328 Å². The van der Waals surface area contributed by atoms with Crippen molar-refractivity contribution in [3.05, 3.63) is 35.9 Å². The van der Waals surface area contributed by atoms with Crippen molar-refractivity contribution in [3.8, 4) is 0 Å². The van der Waals surface area contributed by atoms with Crippen LogP contribution in [-0.4, -0.2) is 120 Å². The molecular weight excluding hydrogens is 736 g/mol. The maximum absolute atomic E-state index is 13.7. The summed E-state index contributed by atoms with van der Waals surface area (Å²) in [6.45, 7) is 6.97. The minimum Gasteiger partial charge on any atom is -0.467 e. The fraction of sp³-hybridized carbons (Fsp3) is 0.583. The summed E-state index contributed by atoms with van der Waals surface area (Å²) in [5.74, 6) is -8.56. The van der Waals surface area contributed by atoms with Gasteiger partial charge < -0.3 is 58.3 Å². The van der Waals surface area contributed by atoms with Gasteiger partial charge in [-0.2, -0.15) is 0 Å². The summed E-state index contributed by atoms with van der Waals surface area (Å²) in [5, 5.41) is 35.4. The highest BCUT2D eigenvalue weighted by atomic mass is 16.5. The van der Waals surface area contributed by atoms with Crippen LogP contribution in [0, 0.1) is 11.8 Å². The number of ether oxygens (including phenoxy) is 1. The standard InChI is InChI=1S/C36H56N8O12/c1-18(2)30(35(54)44-31(19(3)4)36(55)56-6)43-29(50)16-26(47)23(14-21-10-8-7-9-11-21)41-33(52)24(15-28(38)49)42-32(51)22(12-13-27(37)48)40-34(53)25(17-45)39-20(5)46/h7-11,18-19,22-26,30-31,45,47H,12-17H2,1-6H3,(H2,37,48)(H2,38,49)(H,39,46)(H,40,53)(H,41,52)(H,42,51)(H,43,50)(H,44,54). The van der Waals surface area contributed by atoms with Gasteiger partial charge >= 0.3 is 5.97 Å². The maximum Gasteiger partial charge on any atom is 0.328 e. The summed E-state index contributed by atoms with van der Waals surface area (Å²) in [6.07, 6.45) is -3.84. The van der Waals surface area contributed by atoms with E-state index >= 15 is 0 Å². The molecule has 0 bridgehead atoms. The van der Waals surface area contributed by atoms with Gasteiger partial charge in [0.2, 0.25) is 47.3 Å². The average Bonchev–Trinajstić information content (AvgIpc) is 3.11. The molecule has 20 nitrogen and oxygen atoms in total. The second-order valence-corrected chi connectivity index (χ2v) is 13.9. The zero-order chi connectivity index (χ0) is 42.7. The van der Waals surface area contributed by atoms with Crippen LogP contribution in [0.3, 0.4) is 0 Å². The fourth-order valence-electron chi connectivity index (χ4n) is 5.35. The van der Waals surface area contributed by atoms with E-state index in [-0.39, 0.29) is 18.8 Å². The minimum atomic E-state index is -1.70. The highest BCUT2D eigenvalue weighted by Gasteiger charge is 2.35. The summed E-state index contributed by atoms with van der Waals surface area (Å²) < 4.78 is 4.77. The van der Waals surface area contributed by atoms with Crippen molar-refractivity contribution in [1.29, 1.82) is 0 Å². The molecule has 8 amide bonds. The van der Waals surface area contributed by atoms with Gasteiger partial charge in [0, 0.05) is 13.3 Å². The van der Waals surface area contributed by atoms with Gasteiger partial charge in [-0.15, -0.1) is 0 Å². The zero-order valence-corrected chi connectivity index (χ0v) is 32.5. The molecule has 0 heterocycles. The monoisotopic (exact) mass is 792 g/mol. The van der Waals surface area contributed by atoms with Crippen molar-refractivity contribution in [1.82, 2.24) is 31.9 Å². The number of nitrogens with two attached hydrogens (primary N) is 2. The van der Waals surface area contributed by atoms with Crippen molar-refractivity contribution in [2.45, 2.75) is 109 Å². The van der Waals surface area contributed by atoms with E-state index in [1.165, 1.54) is 7.11 Å². The lowest BCUT2D eigenvalue weighted by atomic mass is 9.97. The van der Waals surface area contributed by atoms with Crippen LogP contribution in [0.1, 0.15) is 65.9 Å². The first kappa shape index (κ1) is 48.4. The van der Waals surface area contributed by atoms with Gasteiger partial charge in [0.15, 0.2) is 0 Å². The van der Waals surface area contributed by atoms with E-state index in [9.17, 15) is 53.4 Å². The Morgan fingerprint density at radius 2 is 1.23 bits per heavy atom. The lowest BCUT2D eigenvalue weighted by Crippen LogP contribution is -2.59. The Bertz CT molecular complexity index is 1540. The molecule has 0 fully saturated rings. The minimum absolute atomic E-state index is 0.0510. The van der Waals surface area contributed by atoms with E-state index in [2.05, 4.69) is 31.9 Å². The van der Waals surface area contributed by atoms with E-state index in [4.69, 9.17) is 16.2 Å². The molecule has 312 valence electrons. The normalized spacial score (nSPS) is 14.8. The van der Waals surface area contributed by atoms with Gasteiger partial charge in [-0.25, -0.2) is 4.79 Å². The Balaban J connectivity index is 3.33. The van der Waals surface area contributed by atoms with Gasteiger partial charge in [-0.05, 0) is 30.2 Å². The summed E-state index contributed by atoms with van der Waals surface area (Å²) in [5.41, 5.74) is 11.2. The molecule has 0 aliphatic rings.